The number of benzene rings is 1. The molecule has 0 saturated carbocycles. The smallest absolute Gasteiger partial charge is 0.257 e. The van der Waals surface area contributed by atoms with Gasteiger partial charge < -0.3 is 10.0 Å². The molecule has 1 aromatic carbocycles. The number of hydrogen-bond donors (Lipinski definition) is 1. The van der Waals surface area contributed by atoms with Gasteiger partial charge in [0.15, 0.2) is 5.75 Å². The average molecular weight is 258 g/mol. The summed E-state index contributed by atoms with van der Waals surface area (Å²) in [7, 11) is 1.75. The number of pyridine rings is 1. The minimum Gasteiger partial charge on any atom is -0.505 e. The van der Waals surface area contributed by atoms with Crippen molar-refractivity contribution < 1.29 is 9.90 Å². The van der Waals surface area contributed by atoms with Crippen molar-refractivity contribution in [1.29, 1.82) is 0 Å². The Bertz CT molecular complexity index is 596. The molecule has 0 aliphatic carbocycles. The number of aromatic hydroxyl groups is 1. The highest BCUT2D eigenvalue weighted by molar-refractivity contribution is 6.02. The van der Waals surface area contributed by atoms with Gasteiger partial charge in [0.05, 0.1) is 5.56 Å². The lowest BCUT2D eigenvalue weighted by atomic mass is 10.1. The molecule has 1 aromatic heterocycles. The molecule has 0 radical (unpaired) electrons. The van der Waals surface area contributed by atoms with Crippen molar-refractivity contribution >= 4 is 16.8 Å². The largest absolute Gasteiger partial charge is 0.505 e. The zero-order valence-corrected chi connectivity index (χ0v) is 11.3. The number of aromatic nitrogens is 1. The first-order valence-corrected chi connectivity index (χ1v) is 6.47. The molecule has 0 spiro atoms. The predicted octanol–water partition coefficient (Wildman–Crippen LogP) is 2.81. The Morgan fingerprint density at radius 3 is 2.89 bits per heavy atom. The molecule has 0 bridgehead atoms. The van der Waals surface area contributed by atoms with Crippen LogP contribution in [0.1, 0.15) is 30.1 Å². The van der Waals surface area contributed by atoms with Crippen molar-refractivity contribution in [2.75, 3.05) is 13.6 Å². The lowest BCUT2D eigenvalue weighted by Crippen LogP contribution is -2.27. The molecule has 0 aliphatic rings. The lowest BCUT2D eigenvalue weighted by molar-refractivity contribution is 0.0790. The molecule has 2 rings (SSSR count). The minimum atomic E-state index is -0.168. The summed E-state index contributed by atoms with van der Waals surface area (Å²) in [5.74, 6) is -0.204. The van der Waals surface area contributed by atoms with Crippen molar-refractivity contribution in [3.63, 3.8) is 0 Å². The Morgan fingerprint density at radius 1 is 1.37 bits per heavy atom. The van der Waals surface area contributed by atoms with Crippen LogP contribution in [-0.2, 0) is 0 Å². The maximum atomic E-state index is 12.3. The first kappa shape index (κ1) is 13.3. The van der Waals surface area contributed by atoms with Gasteiger partial charge >= 0.3 is 0 Å². The van der Waals surface area contributed by atoms with Gasteiger partial charge in [-0.15, -0.1) is 0 Å². The number of phenols is 1. The van der Waals surface area contributed by atoms with Gasteiger partial charge in [-0.05, 0) is 18.6 Å². The van der Waals surface area contributed by atoms with Crippen LogP contribution >= 0.6 is 0 Å². The molecule has 4 heteroatoms. The standard InChI is InChI=1S/C15H18N2O2/c1-3-4-10-17(2)15(19)12-8-7-11-6-5-9-16-13(11)14(12)18/h5-9,18H,3-4,10H2,1-2H3. The van der Waals surface area contributed by atoms with Crippen molar-refractivity contribution in [2.45, 2.75) is 19.8 Å². The number of phenolic OH excluding ortho intramolecular Hbond substituents is 1. The molecule has 19 heavy (non-hydrogen) atoms. The summed E-state index contributed by atoms with van der Waals surface area (Å²) in [5.41, 5.74) is 0.780. The van der Waals surface area contributed by atoms with Gasteiger partial charge in [-0.2, -0.15) is 0 Å². The van der Waals surface area contributed by atoms with E-state index in [2.05, 4.69) is 11.9 Å². The van der Waals surface area contributed by atoms with Gasteiger partial charge in [0.1, 0.15) is 5.52 Å². The molecule has 0 atom stereocenters. The number of fused-ring (bicyclic) bond motifs is 1. The number of carbonyl (C=O) groups excluding carboxylic acids is 1. The summed E-state index contributed by atoms with van der Waals surface area (Å²) < 4.78 is 0. The third-order valence-corrected chi connectivity index (χ3v) is 3.17. The molecule has 2 aromatic rings. The first-order chi connectivity index (χ1) is 9.15. The molecular weight excluding hydrogens is 240 g/mol. The van der Waals surface area contributed by atoms with Crippen LogP contribution < -0.4 is 0 Å². The Morgan fingerprint density at radius 2 is 2.16 bits per heavy atom. The highest BCUT2D eigenvalue weighted by Crippen LogP contribution is 2.27. The van der Waals surface area contributed by atoms with Gasteiger partial charge in [0, 0.05) is 25.2 Å². The van der Waals surface area contributed by atoms with Crippen molar-refractivity contribution in [3.8, 4) is 5.75 Å². The quantitative estimate of drug-likeness (QED) is 0.917. The van der Waals surface area contributed by atoms with Crippen LogP contribution in [0.4, 0.5) is 0 Å². The van der Waals surface area contributed by atoms with Crippen LogP contribution in [0, 0.1) is 0 Å². The first-order valence-electron chi connectivity index (χ1n) is 6.47. The second kappa shape index (κ2) is 5.69. The third kappa shape index (κ3) is 2.67. The molecular formula is C15H18N2O2. The molecule has 0 unspecified atom stereocenters. The zero-order chi connectivity index (χ0) is 13.8. The fourth-order valence-electron chi connectivity index (χ4n) is 2.00. The van der Waals surface area contributed by atoms with Crippen molar-refractivity contribution in [2.24, 2.45) is 0 Å². The summed E-state index contributed by atoms with van der Waals surface area (Å²) in [5, 5.41) is 11.0. The maximum absolute atomic E-state index is 12.3. The summed E-state index contributed by atoms with van der Waals surface area (Å²) in [6, 6.07) is 7.13. The van der Waals surface area contributed by atoms with E-state index in [9.17, 15) is 9.90 Å². The van der Waals surface area contributed by atoms with Gasteiger partial charge in [-0.3, -0.25) is 9.78 Å². The van der Waals surface area contributed by atoms with Crippen LogP contribution in [0.15, 0.2) is 30.5 Å². The molecule has 0 aliphatic heterocycles. The van der Waals surface area contributed by atoms with Crippen molar-refractivity contribution in [3.05, 3.63) is 36.0 Å². The number of rotatable bonds is 4. The van der Waals surface area contributed by atoms with E-state index < -0.39 is 0 Å². The zero-order valence-electron chi connectivity index (χ0n) is 11.3. The third-order valence-electron chi connectivity index (χ3n) is 3.17. The molecule has 100 valence electrons. The van der Waals surface area contributed by atoms with E-state index in [1.54, 1.807) is 30.3 Å². The second-order valence-corrected chi connectivity index (χ2v) is 4.62. The fraction of sp³-hybridized carbons (Fsp3) is 0.333. The Balaban J connectivity index is 2.35. The number of carbonyl (C=O) groups is 1. The second-order valence-electron chi connectivity index (χ2n) is 4.62. The lowest BCUT2D eigenvalue weighted by Gasteiger charge is -2.17. The molecule has 0 fully saturated rings. The summed E-state index contributed by atoms with van der Waals surface area (Å²) in [6.07, 6.45) is 3.59. The van der Waals surface area contributed by atoms with E-state index in [4.69, 9.17) is 0 Å². The minimum absolute atomic E-state index is 0.0357. The highest BCUT2D eigenvalue weighted by Gasteiger charge is 2.17. The van der Waals surface area contributed by atoms with E-state index in [0.717, 1.165) is 18.2 Å². The Kier molecular flexibility index (Phi) is 4.00. The molecule has 1 amide bonds. The molecule has 1 heterocycles. The molecule has 4 nitrogen and oxygen atoms in total. The number of amides is 1. The van der Waals surface area contributed by atoms with Gasteiger partial charge in [-0.1, -0.05) is 25.5 Å². The Hall–Kier alpha value is -2.10. The Labute approximate surface area is 112 Å². The van der Waals surface area contributed by atoms with Gasteiger partial charge in [-0.25, -0.2) is 0 Å². The van der Waals surface area contributed by atoms with Gasteiger partial charge in [0.2, 0.25) is 0 Å². The molecule has 1 N–H and O–H groups in total. The van der Waals surface area contributed by atoms with Crippen LogP contribution in [0.5, 0.6) is 5.75 Å². The average Bonchev–Trinajstić information content (AvgIpc) is 2.44. The van der Waals surface area contributed by atoms with Crippen LogP contribution in [0.25, 0.3) is 10.9 Å². The topological polar surface area (TPSA) is 53.4 Å². The fourth-order valence-corrected chi connectivity index (χ4v) is 2.00. The highest BCUT2D eigenvalue weighted by atomic mass is 16.3. The van der Waals surface area contributed by atoms with E-state index >= 15 is 0 Å². The van der Waals surface area contributed by atoms with E-state index in [0.29, 0.717) is 17.6 Å². The van der Waals surface area contributed by atoms with E-state index in [1.807, 2.05) is 12.1 Å². The number of nitrogens with zero attached hydrogens (tertiary/aromatic N) is 2. The normalized spacial score (nSPS) is 10.6. The van der Waals surface area contributed by atoms with Crippen LogP contribution in [0.2, 0.25) is 0 Å². The van der Waals surface area contributed by atoms with Crippen LogP contribution in [0.3, 0.4) is 0 Å². The van der Waals surface area contributed by atoms with Gasteiger partial charge in [0.25, 0.3) is 5.91 Å². The van der Waals surface area contributed by atoms with Crippen molar-refractivity contribution in [1.82, 2.24) is 9.88 Å². The maximum Gasteiger partial charge on any atom is 0.257 e. The summed E-state index contributed by atoms with van der Waals surface area (Å²) in [6.45, 7) is 2.77. The van der Waals surface area contributed by atoms with E-state index in [-0.39, 0.29) is 11.7 Å². The van der Waals surface area contributed by atoms with E-state index in [1.165, 1.54) is 0 Å². The SMILES string of the molecule is CCCCN(C)C(=O)c1ccc2cccnc2c1O. The summed E-state index contributed by atoms with van der Waals surface area (Å²) in [4.78, 5) is 18.0. The number of hydrogen-bond acceptors (Lipinski definition) is 3. The molecule has 0 saturated heterocycles. The summed E-state index contributed by atoms with van der Waals surface area (Å²) >= 11 is 0. The predicted molar refractivity (Wildman–Crippen MR) is 75.3 cm³/mol. The number of unbranched alkanes of at least 4 members (excludes halogenated alkanes) is 1. The monoisotopic (exact) mass is 258 g/mol. The van der Waals surface area contributed by atoms with Crippen LogP contribution in [-0.4, -0.2) is 34.5 Å².